The van der Waals surface area contributed by atoms with Crippen molar-refractivity contribution in [2.75, 3.05) is 13.2 Å². The Labute approximate surface area is 175 Å². The van der Waals surface area contributed by atoms with Crippen molar-refractivity contribution >= 4 is 0 Å². The molecule has 1 N–H and O–H groups in total. The Kier molecular flexibility index (Phi) is 4.19. The summed E-state index contributed by atoms with van der Waals surface area (Å²) in [7, 11) is 0. The average molecular weight is 403 g/mol. The van der Waals surface area contributed by atoms with Crippen molar-refractivity contribution in [3.05, 3.63) is 11.6 Å². The Morgan fingerprint density at radius 1 is 1.03 bits per heavy atom. The van der Waals surface area contributed by atoms with Crippen LogP contribution in [0.4, 0.5) is 0 Å². The van der Waals surface area contributed by atoms with E-state index < -0.39 is 5.97 Å². The van der Waals surface area contributed by atoms with E-state index in [0.717, 1.165) is 56.7 Å². The smallest absolute Gasteiger partial charge is 0.283 e. The fraction of sp³-hybridized carbons (Fsp3) is 0.920. The summed E-state index contributed by atoms with van der Waals surface area (Å²) in [5.41, 5.74) is 2.23. The summed E-state index contributed by atoms with van der Waals surface area (Å²) in [4.78, 5) is 0. The zero-order valence-corrected chi connectivity index (χ0v) is 18.4. The predicted octanol–water partition coefficient (Wildman–Crippen LogP) is 4.66. The van der Waals surface area contributed by atoms with Crippen LogP contribution in [-0.2, 0) is 14.2 Å². The van der Waals surface area contributed by atoms with E-state index in [0.29, 0.717) is 28.8 Å². The molecule has 0 unspecified atom stereocenters. The zero-order chi connectivity index (χ0) is 20.0. The maximum absolute atomic E-state index is 10.2. The van der Waals surface area contributed by atoms with Crippen molar-refractivity contribution in [2.45, 2.75) is 90.3 Å². The molecule has 5 fully saturated rings. The SMILES string of the molecule is CC1COC2(C[C@H]3[C@H](C[C@H]4[C@@H]5CC=C6C[C@@H](O)CC[C@]6(C)[C@H]5CC[C@@]43C)O2)OC1. The van der Waals surface area contributed by atoms with Gasteiger partial charge in [0, 0.05) is 12.3 Å². The highest BCUT2D eigenvalue weighted by Crippen LogP contribution is 2.69. The number of hydrogen-bond acceptors (Lipinski definition) is 4. The molecule has 2 aliphatic heterocycles. The van der Waals surface area contributed by atoms with Crippen LogP contribution in [0, 0.1) is 40.4 Å². The lowest BCUT2D eigenvalue weighted by atomic mass is 9.47. The molecule has 0 aromatic rings. The van der Waals surface area contributed by atoms with Crippen LogP contribution < -0.4 is 0 Å². The molecular weight excluding hydrogens is 364 g/mol. The monoisotopic (exact) mass is 402 g/mol. The molecule has 2 heterocycles. The predicted molar refractivity (Wildman–Crippen MR) is 110 cm³/mol. The molecule has 6 aliphatic rings. The quantitative estimate of drug-likeness (QED) is 0.599. The van der Waals surface area contributed by atoms with Crippen molar-refractivity contribution in [1.29, 1.82) is 0 Å². The molecule has 0 amide bonds. The van der Waals surface area contributed by atoms with Crippen molar-refractivity contribution in [1.82, 2.24) is 0 Å². The zero-order valence-electron chi connectivity index (χ0n) is 18.4. The Morgan fingerprint density at radius 2 is 1.83 bits per heavy atom. The van der Waals surface area contributed by atoms with Gasteiger partial charge in [-0.2, -0.15) is 0 Å². The van der Waals surface area contributed by atoms with Crippen molar-refractivity contribution in [3.8, 4) is 0 Å². The molecule has 0 aromatic heterocycles. The second kappa shape index (κ2) is 6.31. The molecule has 0 aromatic carbocycles. The lowest BCUT2D eigenvalue weighted by molar-refractivity contribution is -0.398. The number of ether oxygens (including phenoxy) is 3. The maximum Gasteiger partial charge on any atom is 0.283 e. The van der Waals surface area contributed by atoms with Crippen LogP contribution in [-0.4, -0.2) is 36.5 Å². The molecule has 0 radical (unpaired) electrons. The van der Waals surface area contributed by atoms with Gasteiger partial charge in [-0.1, -0.05) is 32.4 Å². The summed E-state index contributed by atoms with van der Waals surface area (Å²) in [6, 6.07) is 0. The third-order valence-electron chi connectivity index (χ3n) is 10.3. The van der Waals surface area contributed by atoms with Gasteiger partial charge in [0.15, 0.2) is 0 Å². The minimum absolute atomic E-state index is 0.117. The fourth-order valence-electron chi connectivity index (χ4n) is 8.59. The highest BCUT2D eigenvalue weighted by molar-refractivity contribution is 5.26. The Balaban J connectivity index is 1.25. The molecule has 2 saturated heterocycles. The van der Waals surface area contributed by atoms with Gasteiger partial charge in [-0.15, -0.1) is 0 Å². The fourth-order valence-corrected chi connectivity index (χ4v) is 8.59. The molecule has 4 nitrogen and oxygen atoms in total. The third kappa shape index (κ3) is 2.65. The first-order valence-corrected chi connectivity index (χ1v) is 12.2. The summed E-state index contributed by atoms with van der Waals surface area (Å²) in [6.07, 6.45) is 11.7. The second-order valence-corrected chi connectivity index (χ2v) is 11.8. The lowest BCUT2D eigenvalue weighted by Gasteiger charge is -2.58. The van der Waals surface area contributed by atoms with Gasteiger partial charge < -0.3 is 19.3 Å². The van der Waals surface area contributed by atoms with Crippen LogP contribution in [0.15, 0.2) is 11.6 Å². The number of fused-ring (bicyclic) bond motifs is 7. The van der Waals surface area contributed by atoms with Gasteiger partial charge >= 0.3 is 0 Å². The highest BCUT2D eigenvalue weighted by atomic mass is 16.9. The number of aliphatic hydroxyl groups excluding tert-OH is 1. The molecule has 8 atom stereocenters. The van der Waals surface area contributed by atoms with Gasteiger partial charge in [0.1, 0.15) is 0 Å². The molecule has 162 valence electrons. The largest absolute Gasteiger partial charge is 0.393 e. The lowest BCUT2D eigenvalue weighted by Crippen LogP contribution is -2.51. The van der Waals surface area contributed by atoms with E-state index in [1.165, 1.54) is 25.7 Å². The summed E-state index contributed by atoms with van der Waals surface area (Å²) in [5, 5.41) is 10.2. The minimum atomic E-state index is -0.752. The molecule has 6 rings (SSSR count). The van der Waals surface area contributed by atoms with Crippen LogP contribution in [0.5, 0.6) is 0 Å². The van der Waals surface area contributed by atoms with Gasteiger partial charge in [0.25, 0.3) is 5.97 Å². The van der Waals surface area contributed by atoms with Crippen LogP contribution >= 0.6 is 0 Å². The van der Waals surface area contributed by atoms with Crippen molar-refractivity contribution in [3.63, 3.8) is 0 Å². The number of hydrogen-bond donors (Lipinski definition) is 1. The van der Waals surface area contributed by atoms with Crippen LogP contribution in [0.25, 0.3) is 0 Å². The van der Waals surface area contributed by atoms with Crippen molar-refractivity contribution < 1.29 is 19.3 Å². The molecule has 4 heteroatoms. The number of rotatable bonds is 0. The van der Waals surface area contributed by atoms with Crippen LogP contribution in [0.1, 0.15) is 72.1 Å². The molecular formula is C25H38O4. The first-order chi connectivity index (χ1) is 13.8. The van der Waals surface area contributed by atoms with Crippen LogP contribution in [0.3, 0.4) is 0 Å². The molecule has 1 spiro atoms. The third-order valence-corrected chi connectivity index (χ3v) is 10.3. The topological polar surface area (TPSA) is 47.9 Å². The second-order valence-electron chi connectivity index (χ2n) is 11.8. The van der Waals surface area contributed by atoms with Gasteiger partial charge in [0.05, 0.1) is 25.4 Å². The van der Waals surface area contributed by atoms with Gasteiger partial charge in [-0.25, -0.2) is 0 Å². The number of aliphatic hydroxyl groups is 1. The Hall–Kier alpha value is -0.420. The van der Waals surface area contributed by atoms with E-state index in [1.807, 2.05) is 0 Å². The van der Waals surface area contributed by atoms with Crippen molar-refractivity contribution in [2.24, 2.45) is 40.4 Å². The molecule has 4 aliphatic carbocycles. The van der Waals surface area contributed by atoms with Gasteiger partial charge in [-0.3, -0.25) is 0 Å². The highest BCUT2D eigenvalue weighted by Gasteiger charge is 2.66. The average Bonchev–Trinajstić information content (AvgIpc) is 3.18. The first kappa shape index (κ1) is 19.3. The number of allylic oxidation sites excluding steroid dienone is 1. The molecule has 29 heavy (non-hydrogen) atoms. The van der Waals surface area contributed by atoms with Gasteiger partial charge in [0.2, 0.25) is 0 Å². The van der Waals surface area contributed by atoms with E-state index in [1.54, 1.807) is 5.57 Å². The standard InChI is InChI=1S/C25H38O4/c1-15-13-27-25(28-14-15)12-21-22(29-25)11-20-18-5-4-16-10-17(26)6-8-23(16,2)19(18)7-9-24(20,21)3/h4,15,17-22,26H,5-14H2,1-3H3/t15?,17-,18+,19-,20-,21-,22-,23-,24-,25?/m0/s1. The van der Waals surface area contributed by atoms with E-state index in [-0.39, 0.29) is 6.10 Å². The summed E-state index contributed by atoms with van der Waals surface area (Å²) in [6.45, 7) is 8.75. The molecule has 3 saturated carbocycles. The Bertz CT molecular complexity index is 710. The summed E-state index contributed by atoms with van der Waals surface area (Å²) < 4.78 is 18.8. The summed E-state index contributed by atoms with van der Waals surface area (Å²) >= 11 is 0. The van der Waals surface area contributed by atoms with Gasteiger partial charge in [-0.05, 0) is 79.4 Å². The molecule has 0 bridgehead atoms. The van der Waals surface area contributed by atoms with E-state index in [4.69, 9.17) is 14.2 Å². The maximum atomic E-state index is 10.2. The summed E-state index contributed by atoms with van der Waals surface area (Å²) in [5.74, 6) is 2.57. The first-order valence-electron chi connectivity index (χ1n) is 12.2. The minimum Gasteiger partial charge on any atom is -0.393 e. The van der Waals surface area contributed by atoms with E-state index in [2.05, 4.69) is 26.8 Å². The Morgan fingerprint density at radius 3 is 2.62 bits per heavy atom. The normalized spacial score (nSPS) is 58.9. The van der Waals surface area contributed by atoms with Crippen LogP contribution in [0.2, 0.25) is 0 Å². The van der Waals surface area contributed by atoms with E-state index in [9.17, 15) is 5.11 Å². The van der Waals surface area contributed by atoms with E-state index >= 15 is 0 Å².